The van der Waals surface area contributed by atoms with Crippen molar-refractivity contribution in [2.75, 3.05) is 47.5 Å². The second-order valence-corrected chi connectivity index (χ2v) is 24.5. The fraction of sp³-hybridized carbons (Fsp3) is 0.605. The summed E-state index contributed by atoms with van der Waals surface area (Å²) < 4.78 is 34.7. The van der Waals surface area contributed by atoms with Gasteiger partial charge in [0.15, 0.2) is 6.10 Å². The van der Waals surface area contributed by atoms with Crippen LogP contribution in [0.1, 0.15) is 245 Å². The van der Waals surface area contributed by atoms with Gasteiger partial charge in [-0.1, -0.05) is 274 Å². The lowest BCUT2D eigenvalue weighted by atomic mass is 10.0. The maximum Gasteiger partial charge on any atom is 0.472 e. The van der Waals surface area contributed by atoms with Crippen molar-refractivity contribution < 1.29 is 42.1 Å². The Hall–Kier alpha value is -4.63. The Kier molecular flexibility index (Phi) is 61.3. The van der Waals surface area contributed by atoms with E-state index in [1.807, 2.05) is 21.1 Å². The van der Waals surface area contributed by atoms with Gasteiger partial charge in [0.2, 0.25) is 0 Å². The number of ether oxygens (including phenoxy) is 2. The normalized spacial score (nSPS) is 14.3. The molecule has 0 aliphatic carbocycles. The number of hydrogen-bond acceptors (Lipinski definition) is 7. The van der Waals surface area contributed by atoms with Gasteiger partial charge in [0.05, 0.1) is 27.7 Å². The van der Waals surface area contributed by atoms with E-state index in [9.17, 15) is 19.0 Å². The van der Waals surface area contributed by atoms with Crippen molar-refractivity contribution in [2.45, 2.75) is 251 Å². The van der Waals surface area contributed by atoms with Crippen molar-refractivity contribution in [3.05, 3.63) is 170 Å². The smallest absolute Gasteiger partial charge is 0.462 e. The molecule has 486 valence electrons. The van der Waals surface area contributed by atoms with E-state index in [4.69, 9.17) is 18.5 Å². The first-order chi connectivity index (χ1) is 42.0. The molecular formula is C76H125NO8P+. The Morgan fingerprint density at radius 2 is 0.628 bits per heavy atom. The van der Waals surface area contributed by atoms with Crippen LogP contribution in [0.5, 0.6) is 0 Å². The topological polar surface area (TPSA) is 108 Å². The summed E-state index contributed by atoms with van der Waals surface area (Å²) in [6, 6.07) is 0. The third kappa shape index (κ3) is 68.5. The van der Waals surface area contributed by atoms with Crippen molar-refractivity contribution in [3.63, 3.8) is 0 Å². The van der Waals surface area contributed by atoms with E-state index in [2.05, 4.69) is 184 Å². The first kappa shape index (κ1) is 81.4. The first-order valence-electron chi connectivity index (χ1n) is 33.9. The van der Waals surface area contributed by atoms with Crippen LogP contribution in [0.4, 0.5) is 0 Å². The number of carbonyl (C=O) groups is 2. The Labute approximate surface area is 528 Å². The standard InChI is InChI=1S/C76H124NO8P/c1-6-8-10-12-14-16-18-20-22-24-26-28-30-32-34-36-38-40-42-44-46-48-50-52-54-56-58-60-62-64-66-68-75(78)82-72-74(73-84-86(80,81)83-71-70-77(3,4)5)85-76(79)69-67-65-63-61-59-57-55-53-51-49-47-45-43-41-39-37-35-33-31-29-27-25-23-21-19-17-15-13-11-9-7-2/h8-11,14-17,20-23,26-29,32-35,38-41,45,47,51,53,74H,6-7,12-13,18-19,24-25,30-31,36-37,42-44,46,48-50,52,54-73H2,1-5H3/p+1/b10-8-,11-9-,16-14-,17-15-,22-20-,23-21-,28-26-,29-27-,34-32-,35-33-,40-38-,41-39-,47-45-,53-51-. The second-order valence-electron chi connectivity index (χ2n) is 23.1. The molecule has 0 aromatic heterocycles. The summed E-state index contributed by atoms with van der Waals surface area (Å²) in [5, 5.41) is 0. The number of likely N-dealkylation sites (N-methyl/N-ethyl adjacent to an activating group) is 1. The van der Waals surface area contributed by atoms with Crippen LogP contribution >= 0.6 is 7.82 Å². The van der Waals surface area contributed by atoms with Crippen molar-refractivity contribution in [1.82, 2.24) is 0 Å². The van der Waals surface area contributed by atoms with Crippen molar-refractivity contribution in [3.8, 4) is 0 Å². The molecule has 0 aromatic rings. The van der Waals surface area contributed by atoms with E-state index < -0.39 is 26.5 Å². The highest BCUT2D eigenvalue weighted by Gasteiger charge is 2.27. The third-order valence-corrected chi connectivity index (χ3v) is 14.7. The van der Waals surface area contributed by atoms with Gasteiger partial charge in [-0.2, -0.15) is 0 Å². The minimum atomic E-state index is -4.41. The third-order valence-electron chi connectivity index (χ3n) is 13.7. The van der Waals surface area contributed by atoms with Crippen LogP contribution in [0.15, 0.2) is 170 Å². The van der Waals surface area contributed by atoms with Gasteiger partial charge in [0, 0.05) is 12.8 Å². The lowest BCUT2D eigenvalue weighted by Crippen LogP contribution is -2.37. The van der Waals surface area contributed by atoms with E-state index in [0.29, 0.717) is 17.4 Å². The average molecular weight is 1210 g/mol. The number of unbranched alkanes of at least 4 members (excludes halogenated alkanes) is 18. The Morgan fingerprint density at radius 3 is 0.930 bits per heavy atom. The number of hydrogen-bond donors (Lipinski definition) is 1. The fourth-order valence-corrected chi connectivity index (χ4v) is 9.36. The SMILES string of the molecule is CC/C=C\C/C=C\C/C=C\C/C=C\C/C=C\C/C=C\C/C=C\C/C=C\CCCCCCCCC(=O)OC(COC(=O)CCCCCCCCCCCCCC/C=C\C/C=C\C/C=C\C/C=C\C/C=C\C/C=C\CC)COP(=O)(O)OCC[N+](C)(C)C. The lowest BCUT2D eigenvalue weighted by molar-refractivity contribution is -0.870. The summed E-state index contributed by atoms with van der Waals surface area (Å²) in [6.07, 6.45) is 98.6. The Balaban J connectivity index is 4.18. The van der Waals surface area contributed by atoms with Crippen LogP contribution in [0.3, 0.4) is 0 Å². The number of nitrogens with zero attached hydrogens (tertiary/aromatic N) is 1. The van der Waals surface area contributed by atoms with Gasteiger partial charge >= 0.3 is 19.8 Å². The van der Waals surface area contributed by atoms with Crippen LogP contribution in [-0.4, -0.2) is 74.9 Å². The number of phosphoric ester groups is 1. The zero-order valence-corrected chi connectivity index (χ0v) is 56.1. The monoisotopic (exact) mass is 1210 g/mol. The number of phosphoric acid groups is 1. The van der Waals surface area contributed by atoms with Gasteiger partial charge in [-0.3, -0.25) is 18.6 Å². The highest BCUT2D eigenvalue weighted by Crippen LogP contribution is 2.43. The molecule has 86 heavy (non-hydrogen) atoms. The van der Waals surface area contributed by atoms with Crippen LogP contribution < -0.4 is 0 Å². The molecular weight excluding hydrogens is 1090 g/mol. The largest absolute Gasteiger partial charge is 0.472 e. The van der Waals surface area contributed by atoms with Crippen LogP contribution in [0.2, 0.25) is 0 Å². The molecule has 0 spiro atoms. The number of carbonyl (C=O) groups excluding carboxylic acids is 2. The summed E-state index contributed by atoms with van der Waals surface area (Å²) in [5.41, 5.74) is 0. The summed E-state index contributed by atoms with van der Waals surface area (Å²) in [4.78, 5) is 35.9. The molecule has 0 saturated heterocycles. The van der Waals surface area contributed by atoms with Crippen molar-refractivity contribution in [1.29, 1.82) is 0 Å². The molecule has 0 fully saturated rings. The highest BCUT2D eigenvalue weighted by atomic mass is 31.2. The molecule has 1 N–H and O–H groups in total. The predicted molar refractivity (Wildman–Crippen MR) is 371 cm³/mol. The van der Waals surface area contributed by atoms with Gasteiger partial charge in [-0.25, -0.2) is 4.57 Å². The molecule has 0 bridgehead atoms. The second kappa shape index (κ2) is 64.8. The molecule has 2 unspecified atom stereocenters. The van der Waals surface area contributed by atoms with Crippen LogP contribution in [-0.2, 0) is 32.7 Å². The van der Waals surface area contributed by atoms with Crippen LogP contribution in [0.25, 0.3) is 0 Å². The number of esters is 2. The highest BCUT2D eigenvalue weighted by molar-refractivity contribution is 7.47. The Morgan fingerprint density at radius 1 is 0.360 bits per heavy atom. The minimum Gasteiger partial charge on any atom is -0.462 e. The molecule has 0 radical (unpaired) electrons. The molecule has 0 rings (SSSR count). The molecule has 0 saturated carbocycles. The summed E-state index contributed by atoms with van der Waals surface area (Å²) in [7, 11) is 1.44. The van der Waals surface area contributed by atoms with E-state index in [1.165, 1.54) is 57.8 Å². The molecule has 10 heteroatoms. The molecule has 0 aliphatic heterocycles. The first-order valence-corrected chi connectivity index (χ1v) is 35.4. The lowest BCUT2D eigenvalue weighted by Gasteiger charge is -2.24. The van der Waals surface area contributed by atoms with E-state index in [-0.39, 0.29) is 32.0 Å². The predicted octanol–water partition coefficient (Wildman–Crippen LogP) is 22.2. The van der Waals surface area contributed by atoms with Gasteiger partial charge in [0.25, 0.3) is 0 Å². The molecule has 0 amide bonds. The minimum absolute atomic E-state index is 0.0190. The Bertz CT molecular complexity index is 2060. The summed E-state index contributed by atoms with van der Waals surface area (Å²) >= 11 is 0. The van der Waals surface area contributed by atoms with Crippen LogP contribution in [0, 0.1) is 0 Å². The van der Waals surface area contributed by atoms with Gasteiger partial charge in [-0.15, -0.1) is 0 Å². The molecule has 0 aliphatic rings. The zero-order chi connectivity index (χ0) is 62.6. The number of rotatable bonds is 60. The van der Waals surface area contributed by atoms with E-state index in [0.717, 1.165) is 154 Å². The van der Waals surface area contributed by atoms with Crippen molar-refractivity contribution in [2.24, 2.45) is 0 Å². The molecule has 2 atom stereocenters. The number of quaternary nitrogens is 1. The average Bonchev–Trinajstić information content (AvgIpc) is 3.56. The van der Waals surface area contributed by atoms with Gasteiger partial charge < -0.3 is 18.9 Å². The van der Waals surface area contributed by atoms with Gasteiger partial charge in [-0.05, 0) is 128 Å². The van der Waals surface area contributed by atoms with Crippen molar-refractivity contribution >= 4 is 19.8 Å². The molecule has 0 heterocycles. The molecule has 0 aromatic carbocycles. The van der Waals surface area contributed by atoms with E-state index in [1.54, 1.807) is 0 Å². The maximum atomic E-state index is 12.9. The quantitative estimate of drug-likeness (QED) is 0.0211. The summed E-state index contributed by atoms with van der Waals surface area (Å²) in [6.45, 7) is 4.17. The maximum absolute atomic E-state index is 12.9. The van der Waals surface area contributed by atoms with E-state index >= 15 is 0 Å². The summed E-state index contributed by atoms with van der Waals surface area (Å²) in [5.74, 6) is -0.827. The zero-order valence-electron chi connectivity index (χ0n) is 55.2. The number of allylic oxidation sites excluding steroid dienone is 28. The van der Waals surface area contributed by atoms with Gasteiger partial charge in [0.1, 0.15) is 19.8 Å². The fourth-order valence-electron chi connectivity index (χ4n) is 8.62. The molecule has 9 nitrogen and oxygen atoms in total.